The van der Waals surface area contributed by atoms with Gasteiger partial charge in [0.15, 0.2) is 0 Å². The fourth-order valence-electron chi connectivity index (χ4n) is 6.90. The highest BCUT2D eigenvalue weighted by Crippen LogP contribution is 2.60. The molecule has 4 aliphatic rings. The first-order chi connectivity index (χ1) is 16.8. The van der Waals surface area contributed by atoms with E-state index in [9.17, 15) is 24.3 Å². The molecule has 0 bridgehead atoms. The zero-order valence-electron chi connectivity index (χ0n) is 20.3. The lowest BCUT2D eigenvalue weighted by atomic mass is 9.57. The van der Waals surface area contributed by atoms with Crippen LogP contribution in [0.25, 0.3) is 0 Å². The molecule has 1 saturated carbocycles. The predicted molar refractivity (Wildman–Crippen MR) is 124 cm³/mol. The Hall–Kier alpha value is -3.36. The zero-order chi connectivity index (χ0) is 25.2. The van der Waals surface area contributed by atoms with Gasteiger partial charge in [-0.3, -0.25) is 29.0 Å². The molecule has 2 saturated heterocycles. The lowest BCUT2D eigenvalue weighted by Gasteiger charge is -2.44. The van der Waals surface area contributed by atoms with Gasteiger partial charge in [0.25, 0.3) is 0 Å². The number of allylic oxidation sites excluding steroid dienone is 2. The highest BCUT2D eigenvalue weighted by atomic mass is 16.5. The number of benzene rings is 1. The number of carbonyl (C=O) groups is 4. The third kappa shape index (κ3) is 3.13. The third-order valence-electron chi connectivity index (χ3n) is 8.30. The van der Waals surface area contributed by atoms with Crippen LogP contribution in [0.3, 0.4) is 0 Å². The highest BCUT2D eigenvalue weighted by Gasteiger charge is 2.62. The van der Waals surface area contributed by atoms with Gasteiger partial charge in [-0.25, -0.2) is 0 Å². The Morgan fingerprint density at radius 3 is 1.91 bits per heavy atom. The van der Waals surface area contributed by atoms with Crippen LogP contribution in [0.5, 0.6) is 17.2 Å². The minimum Gasteiger partial charge on any atom is -0.508 e. The Bertz CT molecular complexity index is 1130. The highest BCUT2D eigenvalue weighted by molar-refractivity contribution is 6.08. The number of phenolic OH excluding ortho intramolecular Hbond substituents is 1. The molecule has 9 heteroatoms. The number of carbonyl (C=O) groups excluding carboxylic acids is 4. The van der Waals surface area contributed by atoms with Gasteiger partial charge in [-0.1, -0.05) is 11.6 Å². The van der Waals surface area contributed by atoms with Crippen LogP contribution in [0.15, 0.2) is 23.8 Å². The van der Waals surface area contributed by atoms with Gasteiger partial charge in [0, 0.05) is 36.7 Å². The maximum absolute atomic E-state index is 13.6. The van der Waals surface area contributed by atoms with Crippen LogP contribution in [0.4, 0.5) is 0 Å². The Kier molecular flexibility index (Phi) is 5.61. The normalized spacial score (nSPS) is 31.8. The summed E-state index contributed by atoms with van der Waals surface area (Å²) in [7, 11) is 2.94. The van der Waals surface area contributed by atoms with Gasteiger partial charge in [-0.15, -0.1) is 0 Å². The van der Waals surface area contributed by atoms with E-state index in [1.165, 1.54) is 36.2 Å². The molecular weight excluding hydrogens is 452 g/mol. The largest absolute Gasteiger partial charge is 0.508 e. The van der Waals surface area contributed by atoms with Crippen molar-refractivity contribution in [3.05, 3.63) is 29.3 Å². The number of hydrogen-bond acceptors (Lipinski definition) is 7. The van der Waals surface area contributed by atoms with E-state index in [1.807, 2.05) is 6.08 Å². The molecule has 1 N–H and O–H groups in total. The standard InChI is InChI=1S/C26H30N2O7/c1-5-27-23(30)14-8-7-13-15(19(14)25(27)32)11-16-21(26(33)28(6-2)24(16)31)20(13)22-17(34-3)9-12(29)10-18(22)35-4/h7,9-10,14-16,19-21,29H,5-6,8,11H2,1-4H3. The molecule has 2 heterocycles. The number of nitrogens with zero attached hydrogens (tertiary/aromatic N) is 2. The Morgan fingerprint density at radius 1 is 0.829 bits per heavy atom. The topological polar surface area (TPSA) is 113 Å². The minimum atomic E-state index is -0.677. The van der Waals surface area contributed by atoms with Crippen LogP contribution in [-0.4, -0.2) is 65.8 Å². The molecule has 9 nitrogen and oxygen atoms in total. The average molecular weight is 483 g/mol. The predicted octanol–water partition coefficient (Wildman–Crippen LogP) is 2.09. The number of amides is 4. The molecule has 6 atom stereocenters. The minimum absolute atomic E-state index is 0.0526. The van der Waals surface area contributed by atoms with Crippen LogP contribution in [0, 0.1) is 29.6 Å². The molecule has 35 heavy (non-hydrogen) atoms. The number of phenols is 1. The van der Waals surface area contributed by atoms with E-state index < -0.39 is 29.6 Å². The van der Waals surface area contributed by atoms with Crippen LogP contribution in [-0.2, 0) is 19.2 Å². The molecule has 0 spiro atoms. The number of aromatic hydroxyl groups is 1. The lowest BCUT2D eigenvalue weighted by Crippen LogP contribution is -2.43. The van der Waals surface area contributed by atoms with E-state index in [-0.39, 0.29) is 41.8 Å². The number of methoxy groups -OCH3 is 2. The molecule has 0 radical (unpaired) electrons. The zero-order valence-corrected chi connectivity index (χ0v) is 20.3. The second kappa shape index (κ2) is 8.39. The number of ether oxygens (including phenoxy) is 2. The Labute approximate surface area is 203 Å². The van der Waals surface area contributed by atoms with Crippen molar-refractivity contribution in [1.82, 2.24) is 9.80 Å². The molecule has 4 amide bonds. The molecule has 3 fully saturated rings. The van der Waals surface area contributed by atoms with E-state index in [0.29, 0.717) is 36.4 Å². The first-order valence-corrected chi connectivity index (χ1v) is 12.1. The summed E-state index contributed by atoms with van der Waals surface area (Å²) < 4.78 is 11.2. The molecule has 1 aromatic carbocycles. The van der Waals surface area contributed by atoms with E-state index in [1.54, 1.807) is 13.8 Å². The van der Waals surface area contributed by atoms with Crippen molar-refractivity contribution in [3.63, 3.8) is 0 Å². The summed E-state index contributed by atoms with van der Waals surface area (Å²) in [4.78, 5) is 55.9. The maximum atomic E-state index is 13.6. The number of fused-ring (bicyclic) bond motifs is 4. The number of rotatable bonds is 5. The molecule has 0 aromatic heterocycles. The van der Waals surface area contributed by atoms with Crippen molar-refractivity contribution in [2.75, 3.05) is 27.3 Å². The van der Waals surface area contributed by atoms with Crippen molar-refractivity contribution < 1.29 is 33.8 Å². The molecule has 1 aromatic rings. The summed E-state index contributed by atoms with van der Waals surface area (Å²) in [6, 6.07) is 2.93. The quantitative estimate of drug-likeness (QED) is 0.505. The van der Waals surface area contributed by atoms with Crippen LogP contribution in [0.1, 0.15) is 38.2 Å². The molecule has 6 unspecified atom stereocenters. The van der Waals surface area contributed by atoms with Gasteiger partial charge in [-0.2, -0.15) is 0 Å². The summed E-state index contributed by atoms with van der Waals surface area (Å²) in [6.45, 7) is 4.12. The Morgan fingerprint density at radius 2 is 1.37 bits per heavy atom. The number of likely N-dealkylation sites (tertiary alicyclic amines) is 2. The van der Waals surface area contributed by atoms with E-state index >= 15 is 0 Å². The molecule has 2 aliphatic carbocycles. The van der Waals surface area contributed by atoms with Gasteiger partial charge in [0.2, 0.25) is 23.6 Å². The summed E-state index contributed by atoms with van der Waals surface area (Å²) in [5, 5.41) is 10.2. The van der Waals surface area contributed by atoms with Gasteiger partial charge in [0.05, 0.1) is 37.9 Å². The second-order valence-corrected chi connectivity index (χ2v) is 9.63. The van der Waals surface area contributed by atoms with Gasteiger partial charge >= 0.3 is 0 Å². The maximum Gasteiger partial charge on any atom is 0.234 e. The van der Waals surface area contributed by atoms with Crippen molar-refractivity contribution in [1.29, 1.82) is 0 Å². The lowest BCUT2D eigenvalue weighted by molar-refractivity contribution is -0.141. The average Bonchev–Trinajstić information content (AvgIpc) is 3.25. The molecular formula is C26H30N2O7. The summed E-state index contributed by atoms with van der Waals surface area (Å²) >= 11 is 0. The van der Waals surface area contributed by atoms with Crippen molar-refractivity contribution >= 4 is 23.6 Å². The summed E-state index contributed by atoms with van der Waals surface area (Å²) in [5.41, 5.74) is 1.44. The smallest absolute Gasteiger partial charge is 0.234 e. The molecule has 5 rings (SSSR count). The van der Waals surface area contributed by atoms with Crippen molar-refractivity contribution in [2.45, 2.75) is 32.6 Å². The SMILES string of the molecule is CCN1C(=O)C2CC=C3C(CC4C(=O)N(CC)C(=O)C4C3c3c(OC)cc(O)cc3OC)C2C1=O. The van der Waals surface area contributed by atoms with Crippen LogP contribution in [0.2, 0.25) is 0 Å². The first kappa shape index (κ1) is 23.4. The molecule has 2 aliphatic heterocycles. The van der Waals surface area contributed by atoms with Crippen LogP contribution >= 0.6 is 0 Å². The fourth-order valence-corrected chi connectivity index (χ4v) is 6.90. The molecule has 186 valence electrons. The summed E-state index contributed by atoms with van der Waals surface area (Å²) in [5.74, 6) is -3.48. The van der Waals surface area contributed by atoms with Gasteiger partial charge in [-0.05, 0) is 32.6 Å². The first-order valence-electron chi connectivity index (χ1n) is 12.1. The number of imide groups is 2. The Balaban J connectivity index is 1.72. The van der Waals surface area contributed by atoms with Crippen LogP contribution < -0.4 is 9.47 Å². The van der Waals surface area contributed by atoms with E-state index in [0.717, 1.165) is 5.57 Å². The van der Waals surface area contributed by atoms with Gasteiger partial charge < -0.3 is 14.6 Å². The van der Waals surface area contributed by atoms with Crippen molar-refractivity contribution in [2.24, 2.45) is 29.6 Å². The second-order valence-electron chi connectivity index (χ2n) is 9.63. The fraction of sp³-hybridized carbons (Fsp3) is 0.538. The van der Waals surface area contributed by atoms with Crippen molar-refractivity contribution in [3.8, 4) is 17.2 Å². The monoisotopic (exact) mass is 482 g/mol. The van der Waals surface area contributed by atoms with Gasteiger partial charge in [0.1, 0.15) is 17.2 Å². The van der Waals surface area contributed by atoms with E-state index in [2.05, 4.69) is 0 Å². The van der Waals surface area contributed by atoms with E-state index in [4.69, 9.17) is 9.47 Å². The third-order valence-corrected chi connectivity index (χ3v) is 8.30. The number of hydrogen-bond donors (Lipinski definition) is 1. The summed E-state index contributed by atoms with van der Waals surface area (Å²) in [6.07, 6.45) is 2.72.